The van der Waals surface area contributed by atoms with Crippen molar-refractivity contribution >= 4 is 12.0 Å². The Hall–Kier alpha value is -1.75. The second-order valence-electron chi connectivity index (χ2n) is 2.91. The Bertz CT molecular complexity index is 397. The van der Waals surface area contributed by atoms with Gasteiger partial charge >= 0.3 is 0 Å². The molecule has 0 saturated heterocycles. The Morgan fingerprint density at radius 1 is 1.31 bits per heavy atom. The highest BCUT2D eigenvalue weighted by atomic mass is 16.1. The van der Waals surface area contributed by atoms with Crippen LogP contribution in [0.3, 0.4) is 0 Å². The van der Waals surface area contributed by atoms with Crippen molar-refractivity contribution in [2.75, 3.05) is 5.73 Å². The van der Waals surface area contributed by atoms with Gasteiger partial charge in [-0.1, -0.05) is 5.92 Å². The van der Waals surface area contributed by atoms with Gasteiger partial charge in [0.2, 0.25) is 0 Å². The smallest absolute Gasteiger partial charge is 0.193 e. The molecule has 0 unspecified atom stereocenters. The Balaban J connectivity index is 3.23. The molecule has 2 N–H and O–H groups in total. The van der Waals surface area contributed by atoms with Crippen molar-refractivity contribution in [2.45, 2.75) is 13.8 Å². The molecule has 0 saturated carbocycles. The van der Waals surface area contributed by atoms with Crippen LogP contribution in [0.5, 0.6) is 0 Å². The van der Waals surface area contributed by atoms with Crippen LogP contribution in [-0.4, -0.2) is 6.29 Å². The number of hydrogen-bond acceptors (Lipinski definition) is 2. The molecule has 1 aromatic carbocycles. The highest BCUT2D eigenvalue weighted by Gasteiger charge is 1.98. The van der Waals surface area contributed by atoms with Crippen LogP contribution in [0.25, 0.3) is 0 Å². The van der Waals surface area contributed by atoms with E-state index >= 15 is 0 Å². The molecule has 0 heterocycles. The number of carbonyl (C=O) groups excluding carboxylic acids is 1. The summed E-state index contributed by atoms with van der Waals surface area (Å²) in [7, 11) is 0. The van der Waals surface area contributed by atoms with Gasteiger partial charge in [0.15, 0.2) is 6.29 Å². The molecular weight excluding hydrogens is 162 g/mol. The van der Waals surface area contributed by atoms with Gasteiger partial charge in [-0.05, 0) is 43.0 Å². The maximum absolute atomic E-state index is 10.0. The first-order valence-electron chi connectivity index (χ1n) is 3.97. The molecule has 2 heteroatoms. The first-order valence-corrected chi connectivity index (χ1v) is 3.97. The van der Waals surface area contributed by atoms with Crippen LogP contribution < -0.4 is 5.73 Å². The van der Waals surface area contributed by atoms with E-state index in [1.54, 1.807) is 0 Å². The fourth-order valence-corrected chi connectivity index (χ4v) is 1.08. The van der Waals surface area contributed by atoms with E-state index in [9.17, 15) is 4.79 Å². The molecule has 0 aliphatic carbocycles. The molecule has 13 heavy (non-hydrogen) atoms. The van der Waals surface area contributed by atoms with Gasteiger partial charge in [-0.3, -0.25) is 4.79 Å². The maximum atomic E-state index is 10.0. The van der Waals surface area contributed by atoms with Crippen LogP contribution in [-0.2, 0) is 4.79 Å². The monoisotopic (exact) mass is 173 g/mol. The summed E-state index contributed by atoms with van der Waals surface area (Å²) in [5.41, 5.74) is 9.30. The second-order valence-corrected chi connectivity index (χ2v) is 2.91. The van der Waals surface area contributed by atoms with Gasteiger partial charge in [0, 0.05) is 11.3 Å². The second kappa shape index (κ2) is 3.77. The Kier molecular flexibility index (Phi) is 2.71. The maximum Gasteiger partial charge on any atom is 0.193 e. The predicted molar refractivity (Wildman–Crippen MR) is 53.3 cm³/mol. The molecule has 0 atom stereocenters. The van der Waals surface area contributed by atoms with Crippen molar-refractivity contribution in [3.63, 3.8) is 0 Å². The Labute approximate surface area is 77.8 Å². The molecule has 0 fully saturated rings. The highest BCUT2D eigenvalue weighted by Crippen LogP contribution is 2.16. The van der Waals surface area contributed by atoms with Crippen molar-refractivity contribution < 1.29 is 4.79 Å². The van der Waals surface area contributed by atoms with E-state index in [0.29, 0.717) is 6.29 Å². The first-order chi connectivity index (χ1) is 6.15. The number of nitrogens with two attached hydrogens (primary N) is 1. The largest absolute Gasteiger partial charge is 0.399 e. The van der Waals surface area contributed by atoms with Gasteiger partial charge in [0.1, 0.15) is 0 Å². The molecule has 0 aliphatic rings. The minimum atomic E-state index is 0.588. The standard InChI is InChI=1S/C11H11NO/c1-8-7-11(12)9(2)6-10(8)4-3-5-13/h5-7H,12H2,1-2H3. The van der Waals surface area contributed by atoms with E-state index in [1.807, 2.05) is 26.0 Å². The van der Waals surface area contributed by atoms with Gasteiger partial charge in [0.05, 0.1) is 0 Å². The van der Waals surface area contributed by atoms with E-state index in [2.05, 4.69) is 11.8 Å². The molecule has 0 spiro atoms. The molecule has 0 aliphatic heterocycles. The fraction of sp³-hybridized carbons (Fsp3) is 0.182. The summed E-state index contributed by atoms with van der Waals surface area (Å²) in [5, 5.41) is 0. The van der Waals surface area contributed by atoms with Crippen LogP contribution in [0, 0.1) is 25.7 Å². The fourth-order valence-electron chi connectivity index (χ4n) is 1.08. The third kappa shape index (κ3) is 2.09. The van der Waals surface area contributed by atoms with E-state index in [4.69, 9.17) is 5.73 Å². The quantitative estimate of drug-likeness (QED) is 0.366. The first kappa shape index (κ1) is 9.34. The summed E-state index contributed by atoms with van der Waals surface area (Å²) < 4.78 is 0. The van der Waals surface area contributed by atoms with Gasteiger partial charge in [-0.2, -0.15) is 0 Å². The lowest BCUT2D eigenvalue weighted by Gasteiger charge is -2.03. The molecule has 1 aromatic rings. The van der Waals surface area contributed by atoms with E-state index in [0.717, 1.165) is 22.4 Å². The van der Waals surface area contributed by atoms with Crippen molar-refractivity contribution in [1.29, 1.82) is 0 Å². The highest BCUT2D eigenvalue weighted by molar-refractivity contribution is 5.74. The number of aryl methyl sites for hydroxylation is 2. The van der Waals surface area contributed by atoms with Gasteiger partial charge < -0.3 is 5.73 Å². The van der Waals surface area contributed by atoms with Gasteiger partial charge in [-0.15, -0.1) is 0 Å². The molecule has 2 nitrogen and oxygen atoms in total. The van der Waals surface area contributed by atoms with Crippen LogP contribution in [0.15, 0.2) is 12.1 Å². The predicted octanol–water partition coefficient (Wildman–Crippen LogP) is 1.44. The van der Waals surface area contributed by atoms with Gasteiger partial charge in [-0.25, -0.2) is 0 Å². The average Bonchev–Trinajstić information content (AvgIpc) is 2.09. The number of hydrogen-bond donors (Lipinski definition) is 1. The summed E-state index contributed by atoms with van der Waals surface area (Å²) in [5.74, 6) is 5.14. The summed E-state index contributed by atoms with van der Waals surface area (Å²) in [6, 6.07) is 3.76. The van der Waals surface area contributed by atoms with Crippen LogP contribution in [0.4, 0.5) is 5.69 Å². The van der Waals surface area contributed by atoms with Crippen LogP contribution >= 0.6 is 0 Å². The van der Waals surface area contributed by atoms with Gasteiger partial charge in [0.25, 0.3) is 0 Å². The lowest BCUT2D eigenvalue weighted by Crippen LogP contribution is -1.93. The molecule has 0 bridgehead atoms. The number of benzene rings is 1. The lowest BCUT2D eigenvalue weighted by molar-refractivity contribution is -0.103. The van der Waals surface area contributed by atoms with E-state index < -0.39 is 0 Å². The number of aldehydes is 1. The molecular formula is C11H11NO. The third-order valence-corrected chi connectivity index (χ3v) is 1.88. The number of anilines is 1. The zero-order chi connectivity index (χ0) is 9.84. The zero-order valence-electron chi connectivity index (χ0n) is 7.72. The summed E-state index contributed by atoms with van der Waals surface area (Å²) >= 11 is 0. The third-order valence-electron chi connectivity index (χ3n) is 1.88. The van der Waals surface area contributed by atoms with Crippen molar-refractivity contribution in [3.8, 4) is 11.8 Å². The summed E-state index contributed by atoms with van der Waals surface area (Å²) in [4.78, 5) is 10.0. The molecule has 0 aromatic heterocycles. The Morgan fingerprint density at radius 3 is 2.62 bits per heavy atom. The molecule has 0 amide bonds. The molecule has 1 rings (SSSR count). The SMILES string of the molecule is Cc1cc(C#CC=O)c(C)cc1N. The van der Waals surface area contributed by atoms with Crippen molar-refractivity contribution in [2.24, 2.45) is 0 Å². The molecule has 0 radical (unpaired) electrons. The van der Waals surface area contributed by atoms with E-state index in [1.165, 1.54) is 0 Å². The van der Waals surface area contributed by atoms with Crippen molar-refractivity contribution in [3.05, 3.63) is 28.8 Å². The van der Waals surface area contributed by atoms with E-state index in [-0.39, 0.29) is 0 Å². The topological polar surface area (TPSA) is 43.1 Å². The Morgan fingerprint density at radius 2 is 2.00 bits per heavy atom. The molecule has 66 valence electrons. The number of nitrogen functional groups attached to an aromatic ring is 1. The van der Waals surface area contributed by atoms with Crippen LogP contribution in [0.1, 0.15) is 16.7 Å². The van der Waals surface area contributed by atoms with Crippen molar-refractivity contribution in [1.82, 2.24) is 0 Å². The minimum absolute atomic E-state index is 0.588. The normalized spacial score (nSPS) is 8.77. The number of rotatable bonds is 0. The lowest BCUT2D eigenvalue weighted by atomic mass is 10.0. The summed E-state index contributed by atoms with van der Waals surface area (Å²) in [6.07, 6.45) is 0.588. The zero-order valence-corrected chi connectivity index (χ0v) is 7.72. The van der Waals surface area contributed by atoms with Crippen LogP contribution in [0.2, 0.25) is 0 Å². The summed E-state index contributed by atoms with van der Waals surface area (Å²) in [6.45, 7) is 3.84. The number of carbonyl (C=O) groups is 1. The minimum Gasteiger partial charge on any atom is -0.399 e. The average molecular weight is 173 g/mol.